The summed E-state index contributed by atoms with van der Waals surface area (Å²) in [6, 6.07) is 12.9. The summed E-state index contributed by atoms with van der Waals surface area (Å²) in [4.78, 5) is 28.8. The highest BCUT2D eigenvalue weighted by atomic mass is 16.5. The molecule has 32 heavy (non-hydrogen) atoms. The molecular formula is C25H26N2O5. The Hall–Kier alpha value is -3.61. The number of nitrogens with zero attached hydrogens (tertiary/aromatic N) is 1. The summed E-state index contributed by atoms with van der Waals surface area (Å²) in [5.74, 6) is 1.32. The first-order valence-corrected chi connectivity index (χ1v) is 10.7. The molecule has 1 unspecified atom stereocenters. The van der Waals surface area contributed by atoms with Gasteiger partial charge in [-0.3, -0.25) is 9.79 Å². The molecule has 2 heterocycles. The van der Waals surface area contributed by atoms with E-state index in [1.165, 1.54) is 0 Å². The Labute approximate surface area is 187 Å². The minimum Gasteiger partial charge on any atom is -0.493 e. The van der Waals surface area contributed by atoms with Crippen molar-refractivity contribution in [3.63, 3.8) is 0 Å². The van der Waals surface area contributed by atoms with Gasteiger partial charge in [0.05, 0.1) is 25.8 Å². The molecule has 2 aliphatic heterocycles. The molecule has 0 bridgehead atoms. The third-order valence-electron chi connectivity index (χ3n) is 5.50. The first-order valence-electron chi connectivity index (χ1n) is 10.7. The zero-order valence-electron chi connectivity index (χ0n) is 18.2. The van der Waals surface area contributed by atoms with Crippen molar-refractivity contribution in [3.8, 4) is 11.5 Å². The molecule has 4 rings (SSSR count). The van der Waals surface area contributed by atoms with Crippen molar-refractivity contribution < 1.29 is 23.8 Å². The van der Waals surface area contributed by atoms with Crippen LogP contribution in [0.25, 0.3) is 0 Å². The lowest BCUT2D eigenvalue weighted by atomic mass is 9.85. The SMILES string of the molecule is CCCOC(=O)c1ccccc1COc1ccc(C2CC(=O)NC3=NCC=C32)cc1OC. The number of ether oxygens (including phenoxy) is 3. The summed E-state index contributed by atoms with van der Waals surface area (Å²) < 4.78 is 16.9. The summed E-state index contributed by atoms with van der Waals surface area (Å²) in [6.45, 7) is 3.11. The summed E-state index contributed by atoms with van der Waals surface area (Å²) in [5, 5.41) is 2.83. The summed E-state index contributed by atoms with van der Waals surface area (Å²) in [5.41, 5.74) is 3.23. The summed E-state index contributed by atoms with van der Waals surface area (Å²) in [7, 11) is 1.58. The van der Waals surface area contributed by atoms with Crippen LogP contribution >= 0.6 is 0 Å². The predicted octanol–water partition coefficient (Wildman–Crippen LogP) is 3.78. The molecule has 7 nitrogen and oxygen atoms in total. The van der Waals surface area contributed by atoms with Crippen LogP contribution < -0.4 is 14.8 Å². The zero-order valence-corrected chi connectivity index (χ0v) is 18.2. The van der Waals surface area contributed by atoms with Crippen molar-refractivity contribution >= 4 is 17.7 Å². The van der Waals surface area contributed by atoms with Crippen molar-refractivity contribution in [2.45, 2.75) is 32.3 Å². The Morgan fingerprint density at radius 3 is 2.84 bits per heavy atom. The number of esters is 1. The lowest BCUT2D eigenvalue weighted by Crippen LogP contribution is -2.38. The van der Waals surface area contributed by atoms with Gasteiger partial charge in [0.1, 0.15) is 12.4 Å². The van der Waals surface area contributed by atoms with Crippen molar-refractivity contribution in [2.75, 3.05) is 20.3 Å². The maximum atomic E-state index is 12.3. The molecule has 2 aromatic carbocycles. The Bertz CT molecular complexity index is 1090. The minimum absolute atomic E-state index is 0.0429. The quantitative estimate of drug-likeness (QED) is 0.639. The first-order chi connectivity index (χ1) is 15.6. The molecule has 2 aliphatic rings. The molecule has 1 atom stereocenters. The molecule has 0 radical (unpaired) electrons. The molecule has 0 aliphatic carbocycles. The van der Waals surface area contributed by atoms with Crippen LogP contribution in [0.4, 0.5) is 0 Å². The zero-order chi connectivity index (χ0) is 22.5. The van der Waals surface area contributed by atoms with Crippen molar-refractivity contribution in [2.24, 2.45) is 4.99 Å². The second kappa shape index (κ2) is 9.68. The van der Waals surface area contributed by atoms with Gasteiger partial charge in [0, 0.05) is 23.5 Å². The van der Waals surface area contributed by atoms with Crippen molar-refractivity contribution in [1.29, 1.82) is 0 Å². The third kappa shape index (κ3) is 4.51. The minimum atomic E-state index is -0.355. The van der Waals surface area contributed by atoms with E-state index in [0.29, 0.717) is 42.5 Å². The second-order valence-corrected chi connectivity index (χ2v) is 7.65. The normalized spacial score (nSPS) is 17.1. The van der Waals surface area contributed by atoms with Gasteiger partial charge in [-0.25, -0.2) is 4.79 Å². The maximum absolute atomic E-state index is 12.3. The van der Waals surface area contributed by atoms with Crippen LogP contribution in [-0.2, 0) is 16.1 Å². The van der Waals surface area contributed by atoms with E-state index >= 15 is 0 Å². The van der Waals surface area contributed by atoms with Gasteiger partial charge in [-0.2, -0.15) is 0 Å². The van der Waals surface area contributed by atoms with Crippen LogP contribution in [0.2, 0.25) is 0 Å². The fourth-order valence-corrected chi connectivity index (χ4v) is 3.91. The third-order valence-corrected chi connectivity index (χ3v) is 5.50. The number of benzene rings is 2. The van der Waals surface area contributed by atoms with E-state index in [-0.39, 0.29) is 24.4 Å². The number of piperidine rings is 1. The molecule has 1 fully saturated rings. The molecule has 0 aromatic heterocycles. The van der Waals surface area contributed by atoms with Crippen LogP contribution in [0, 0.1) is 0 Å². The molecule has 166 valence electrons. The fraction of sp³-hybridized carbons (Fsp3) is 0.320. The molecule has 0 spiro atoms. The van der Waals surface area contributed by atoms with E-state index in [1.807, 2.05) is 43.3 Å². The van der Waals surface area contributed by atoms with Gasteiger partial charge < -0.3 is 19.5 Å². The predicted molar refractivity (Wildman–Crippen MR) is 120 cm³/mol. The number of amidine groups is 1. The van der Waals surface area contributed by atoms with E-state index in [4.69, 9.17) is 14.2 Å². The van der Waals surface area contributed by atoms with Gasteiger partial charge in [0.25, 0.3) is 0 Å². The van der Waals surface area contributed by atoms with E-state index in [2.05, 4.69) is 10.3 Å². The lowest BCUT2D eigenvalue weighted by Gasteiger charge is -2.26. The van der Waals surface area contributed by atoms with Gasteiger partial charge in [-0.1, -0.05) is 37.3 Å². The molecule has 2 aromatic rings. The number of methoxy groups -OCH3 is 1. The Balaban J connectivity index is 1.52. The van der Waals surface area contributed by atoms with E-state index < -0.39 is 0 Å². The number of carbonyl (C=O) groups is 2. The van der Waals surface area contributed by atoms with Crippen molar-refractivity contribution in [3.05, 3.63) is 70.8 Å². The standard InChI is InChI=1S/C25H26N2O5/c1-3-12-31-25(29)18-7-5-4-6-17(18)15-32-21-9-8-16(13-22(21)30-2)20-14-23(28)27-24-19(20)10-11-26-24/h4-10,13,20H,3,11-12,14-15H2,1-2H3,(H,26,27,28). The van der Waals surface area contributed by atoms with E-state index in [1.54, 1.807) is 19.2 Å². The number of fused-ring (bicyclic) bond motifs is 1. The lowest BCUT2D eigenvalue weighted by molar-refractivity contribution is -0.120. The summed E-state index contributed by atoms with van der Waals surface area (Å²) in [6.07, 6.45) is 3.17. The molecule has 1 N–H and O–H groups in total. The Kier molecular flexibility index (Phi) is 6.54. The number of hydrogen-bond acceptors (Lipinski definition) is 6. The highest BCUT2D eigenvalue weighted by Crippen LogP contribution is 2.38. The second-order valence-electron chi connectivity index (χ2n) is 7.65. The van der Waals surface area contributed by atoms with Crippen LogP contribution in [-0.4, -0.2) is 38.0 Å². The Morgan fingerprint density at radius 1 is 1.19 bits per heavy atom. The highest BCUT2D eigenvalue weighted by Gasteiger charge is 2.32. The molecule has 1 amide bonds. The number of carbonyl (C=O) groups excluding carboxylic acids is 2. The van der Waals surface area contributed by atoms with E-state index in [0.717, 1.165) is 23.1 Å². The van der Waals surface area contributed by atoms with E-state index in [9.17, 15) is 9.59 Å². The van der Waals surface area contributed by atoms with Crippen molar-refractivity contribution in [1.82, 2.24) is 5.32 Å². The van der Waals surface area contributed by atoms with Crippen LogP contribution in [0.15, 0.2) is 59.1 Å². The number of hydrogen-bond donors (Lipinski definition) is 1. The number of amides is 1. The van der Waals surface area contributed by atoms with Gasteiger partial charge in [0.2, 0.25) is 5.91 Å². The van der Waals surface area contributed by atoms with Crippen LogP contribution in [0.1, 0.15) is 47.2 Å². The largest absolute Gasteiger partial charge is 0.493 e. The monoisotopic (exact) mass is 434 g/mol. The van der Waals surface area contributed by atoms with Crippen LogP contribution in [0.5, 0.6) is 11.5 Å². The number of rotatable bonds is 8. The van der Waals surface area contributed by atoms with Gasteiger partial charge in [-0.15, -0.1) is 0 Å². The number of aliphatic imine (C=N–C) groups is 1. The average molecular weight is 434 g/mol. The Morgan fingerprint density at radius 2 is 2.03 bits per heavy atom. The average Bonchev–Trinajstić information content (AvgIpc) is 3.29. The van der Waals surface area contributed by atoms with Gasteiger partial charge in [0.15, 0.2) is 11.5 Å². The topological polar surface area (TPSA) is 86.2 Å². The van der Waals surface area contributed by atoms with Gasteiger partial charge >= 0.3 is 5.97 Å². The molecule has 7 heteroatoms. The molecular weight excluding hydrogens is 408 g/mol. The molecule has 0 saturated carbocycles. The number of nitrogens with one attached hydrogen (secondary N) is 1. The molecule has 1 saturated heterocycles. The van der Waals surface area contributed by atoms with Gasteiger partial charge in [-0.05, 0) is 30.2 Å². The fourth-order valence-electron chi connectivity index (χ4n) is 3.91. The van der Waals surface area contributed by atoms with Crippen LogP contribution in [0.3, 0.4) is 0 Å². The maximum Gasteiger partial charge on any atom is 0.338 e. The smallest absolute Gasteiger partial charge is 0.338 e. The highest BCUT2D eigenvalue weighted by molar-refractivity contribution is 6.12. The summed E-state index contributed by atoms with van der Waals surface area (Å²) >= 11 is 0. The first kappa shape index (κ1) is 21.6.